The first kappa shape index (κ1) is 15.3. The van der Waals surface area contributed by atoms with E-state index in [1.807, 2.05) is 41.9 Å². The minimum absolute atomic E-state index is 0.269. The van der Waals surface area contributed by atoms with Crippen molar-refractivity contribution in [3.63, 3.8) is 0 Å². The maximum absolute atomic E-state index is 13.5. The van der Waals surface area contributed by atoms with E-state index < -0.39 is 0 Å². The van der Waals surface area contributed by atoms with Gasteiger partial charge in [0.15, 0.2) is 0 Å². The van der Waals surface area contributed by atoms with Crippen LogP contribution in [-0.2, 0) is 13.6 Å². The van der Waals surface area contributed by atoms with E-state index in [-0.39, 0.29) is 5.82 Å². The molecular weight excluding hydrogens is 315 g/mol. The number of nitrogens with zero attached hydrogens (tertiary/aromatic N) is 3. The summed E-state index contributed by atoms with van der Waals surface area (Å²) in [7, 11) is 1.96. The summed E-state index contributed by atoms with van der Waals surface area (Å²) in [4.78, 5) is 9.02. The van der Waals surface area contributed by atoms with Gasteiger partial charge in [-0.25, -0.2) is 9.37 Å². The monoisotopic (exact) mass is 332 g/mol. The fraction of sp³-hybridized carbons (Fsp3) is 0.100. The fourth-order valence-electron chi connectivity index (χ4n) is 2.84. The van der Waals surface area contributed by atoms with Crippen LogP contribution in [0.2, 0.25) is 0 Å². The van der Waals surface area contributed by atoms with Crippen LogP contribution >= 0.6 is 0 Å². The maximum atomic E-state index is 13.5. The first-order chi connectivity index (χ1) is 12.2. The summed E-state index contributed by atoms with van der Waals surface area (Å²) in [5, 5.41) is 3.35. The van der Waals surface area contributed by atoms with E-state index in [2.05, 4.69) is 27.4 Å². The first-order valence-corrected chi connectivity index (χ1v) is 8.07. The molecule has 0 radical (unpaired) electrons. The van der Waals surface area contributed by atoms with Crippen LogP contribution in [0.5, 0.6) is 0 Å². The van der Waals surface area contributed by atoms with Gasteiger partial charge in [0, 0.05) is 19.2 Å². The average molecular weight is 332 g/mol. The Morgan fingerprint density at radius 3 is 2.68 bits per heavy atom. The van der Waals surface area contributed by atoms with Crippen molar-refractivity contribution in [3.8, 4) is 11.3 Å². The third-order valence-corrected chi connectivity index (χ3v) is 4.18. The molecule has 0 bridgehead atoms. The van der Waals surface area contributed by atoms with Crippen LogP contribution in [-0.4, -0.2) is 14.5 Å². The third-order valence-electron chi connectivity index (χ3n) is 4.18. The molecule has 0 aliphatic rings. The number of imidazole rings is 1. The van der Waals surface area contributed by atoms with E-state index in [4.69, 9.17) is 0 Å². The quantitative estimate of drug-likeness (QED) is 0.603. The van der Waals surface area contributed by atoms with Gasteiger partial charge in [-0.15, -0.1) is 0 Å². The summed E-state index contributed by atoms with van der Waals surface area (Å²) in [5.41, 5.74) is 4.42. The summed E-state index contributed by atoms with van der Waals surface area (Å²) in [6.07, 6.45) is 1.73. The number of aromatic nitrogens is 3. The van der Waals surface area contributed by atoms with Gasteiger partial charge in [-0.3, -0.25) is 4.98 Å². The van der Waals surface area contributed by atoms with Crippen molar-refractivity contribution in [2.24, 2.45) is 7.05 Å². The highest BCUT2D eigenvalue weighted by Crippen LogP contribution is 2.24. The van der Waals surface area contributed by atoms with Gasteiger partial charge in [0.1, 0.15) is 11.3 Å². The minimum Gasteiger partial charge on any atom is -0.352 e. The summed E-state index contributed by atoms with van der Waals surface area (Å²) < 4.78 is 15.4. The third kappa shape index (κ3) is 3.08. The molecule has 0 fully saturated rings. The number of hydrogen-bond acceptors (Lipinski definition) is 3. The number of rotatable bonds is 4. The lowest BCUT2D eigenvalue weighted by Gasteiger charge is -2.06. The summed E-state index contributed by atoms with van der Waals surface area (Å²) in [6.45, 7) is 0.697. The molecule has 1 N–H and O–H groups in total. The van der Waals surface area contributed by atoms with E-state index in [0.29, 0.717) is 6.54 Å². The highest BCUT2D eigenvalue weighted by atomic mass is 19.1. The van der Waals surface area contributed by atoms with Gasteiger partial charge in [-0.2, -0.15) is 0 Å². The smallest absolute Gasteiger partial charge is 0.203 e. The molecule has 2 aromatic heterocycles. The molecule has 124 valence electrons. The highest BCUT2D eigenvalue weighted by molar-refractivity contribution is 5.82. The zero-order valence-corrected chi connectivity index (χ0v) is 13.8. The van der Waals surface area contributed by atoms with Crippen molar-refractivity contribution in [1.29, 1.82) is 0 Å². The predicted molar refractivity (Wildman–Crippen MR) is 97.7 cm³/mol. The van der Waals surface area contributed by atoms with Crippen LogP contribution in [0.15, 0.2) is 66.9 Å². The lowest BCUT2D eigenvalue weighted by atomic mass is 10.1. The maximum Gasteiger partial charge on any atom is 0.203 e. The van der Waals surface area contributed by atoms with Gasteiger partial charge < -0.3 is 9.88 Å². The van der Waals surface area contributed by atoms with Gasteiger partial charge >= 0.3 is 0 Å². The van der Waals surface area contributed by atoms with Gasteiger partial charge in [-0.1, -0.05) is 42.5 Å². The van der Waals surface area contributed by atoms with Crippen molar-refractivity contribution < 1.29 is 4.39 Å². The molecule has 4 aromatic rings. The highest BCUT2D eigenvalue weighted by Gasteiger charge is 2.10. The second-order valence-corrected chi connectivity index (χ2v) is 5.90. The number of hydrogen-bond donors (Lipinski definition) is 1. The van der Waals surface area contributed by atoms with Gasteiger partial charge in [0.05, 0.1) is 17.4 Å². The number of nitrogens with one attached hydrogen (secondary N) is 1. The number of fused-ring (bicyclic) bond motifs is 1. The minimum atomic E-state index is -0.269. The molecule has 4 nitrogen and oxygen atoms in total. The van der Waals surface area contributed by atoms with Gasteiger partial charge in [0.2, 0.25) is 5.95 Å². The Morgan fingerprint density at radius 1 is 1.04 bits per heavy atom. The van der Waals surface area contributed by atoms with E-state index in [9.17, 15) is 4.39 Å². The van der Waals surface area contributed by atoms with Gasteiger partial charge in [-0.05, 0) is 23.8 Å². The van der Waals surface area contributed by atoms with Crippen LogP contribution < -0.4 is 5.32 Å². The zero-order valence-electron chi connectivity index (χ0n) is 13.8. The molecule has 2 heterocycles. The Labute approximate surface area is 145 Å². The molecule has 5 heteroatoms. The van der Waals surface area contributed by atoms with E-state index in [1.54, 1.807) is 12.3 Å². The zero-order chi connectivity index (χ0) is 17.2. The van der Waals surface area contributed by atoms with E-state index in [0.717, 1.165) is 28.2 Å². The lowest BCUT2D eigenvalue weighted by molar-refractivity contribution is 0.628. The Bertz CT molecular complexity index is 1020. The molecule has 0 aliphatic carbocycles. The number of halogens is 1. The number of aryl methyl sites for hydroxylation is 1. The number of benzene rings is 2. The van der Waals surface area contributed by atoms with Gasteiger partial charge in [0.25, 0.3) is 0 Å². The Hall–Kier alpha value is -3.21. The second kappa shape index (κ2) is 6.36. The molecule has 25 heavy (non-hydrogen) atoms. The van der Waals surface area contributed by atoms with Crippen molar-refractivity contribution >= 4 is 17.0 Å². The van der Waals surface area contributed by atoms with Crippen molar-refractivity contribution in [2.45, 2.75) is 6.54 Å². The molecule has 0 aliphatic heterocycles. The van der Waals surface area contributed by atoms with E-state index >= 15 is 0 Å². The van der Waals surface area contributed by atoms with Crippen LogP contribution in [0, 0.1) is 5.82 Å². The largest absolute Gasteiger partial charge is 0.352 e. The molecule has 0 saturated heterocycles. The van der Waals surface area contributed by atoms with Crippen molar-refractivity contribution in [2.75, 3.05) is 5.32 Å². The van der Waals surface area contributed by atoms with Crippen LogP contribution in [0.1, 0.15) is 5.56 Å². The predicted octanol–water partition coefficient (Wildman–Crippen LogP) is 4.39. The van der Waals surface area contributed by atoms with Crippen LogP contribution in [0.25, 0.3) is 22.3 Å². The Morgan fingerprint density at radius 2 is 1.88 bits per heavy atom. The summed E-state index contributed by atoms with van der Waals surface area (Å²) >= 11 is 0. The van der Waals surface area contributed by atoms with Crippen molar-refractivity contribution in [3.05, 3.63) is 78.2 Å². The second-order valence-electron chi connectivity index (χ2n) is 5.90. The molecular formula is C20H17FN4. The Kier molecular flexibility index (Phi) is 3.90. The lowest BCUT2D eigenvalue weighted by Crippen LogP contribution is -2.04. The Balaban J connectivity index is 1.66. The average Bonchev–Trinajstić information content (AvgIpc) is 2.96. The SMILES string of the molecule is Cn1c(NCc2ccccc2)nc2cnc(-c3cccc(F)c3)cc21. The molecule has 2 aromatic carbocycles. The first-order valence-electron chi connectivity index (χ1n) is 8.07. The molecule has 0 saturated carbocycles. The molecule has 0 amide bonds. The normalized spacial score (nSPS) is 11.0. The van der Waals surface area contributed by atoms with Crippen LogP contribution in [0.3, 0.4) is 0 Å². The fourth-order valence-corrected chi connectivity index (χ4v) is 2.84. The molecule has 0 atom stereocenters. The number of pyridine rings is 1. The summed E-state index contributed by atoms with van der Waals surface area (Å²) in [5.74, 6) is 0.506. The topological polar surface area (TPSA) is 42.7 Å². The molecule has 0 spiro atoms. The molecule has 0 unspecified atom stereocenters. The standard InChI is InChI=1S/C20H17FN4/c1-25-19-11-17(15-8-5-9-16(21)10-15)22-13-18(19)24-20(25)23-12-14-6-3-2-4-7-14/h2-11,13H,12H2,1H3,(H,23,24). The van der Waals surface area contributed by atoms with E-state index in [1.165, 1.54) is 17.7 Å². The van der Waals surface area contributed by atoms with Crippen LogP contribution in [0.4, 0.5) is 10.3 Å². The van der Waals surface area contributed by atoms with Crippen molar-refractivity contribution in [1.82, 2.24) is 14.5 Å². The number of anilines is 1. The molecule has 4 rings (SSSR count). The summed E-state index contributed by atoms with van der Waals surface area (Å²) in [6, 6.07) is 18.6.